The van der Waals surface area contributed by atoms with Gasteiger partial charge in [0.15, 0.2) is 0 Å². The molecule has 0 bridgehead atoms. The molecule has 0 saturated heterocycles. The van der Waals surface area contributed by atoms with E-state index in [1.54, 1.807) is 12.4 Å². The van der Waals surface area contributed by atoms with E-state index in [-0.39, 0.29) is 92.4 Å². The Labute approximate surface area is 174 Å². The van der Waals surface area contributed by atoms with Crippen LogP contribution in [-0.4, -0.2) is 40.5 Å². The van der Waals surface area contributed by atoms with Crippen molar-refractivity contribution in [1.82, 2.24) is 4.98 Å². The summed E-state index contributed by atoms with van der Waals surface area (Å²) >= 11 is 0. The van der Waals surface area contributed by atoms with Crippen molar-refractivity contribution in [2.75, 3.05) is 0 Å². The van der Waals surface area contributed by atoms with E-state index in [4.69, 9.17) is 5.11 Å². The monoisotopic (exact) mass is 502 g/mol. The zero-order chi connectivity index (χ0) is 10.9. The third kappa shape index (κ3) is 20.9. The van der Waals surface area contributed by atoms with Crippen LogP contribution >= 0.6 is 0 Å². The van der Waals surface area contributed by atoms with Gasteiger partial charge in [-0.05, 0) is 18.6 Å². The average Bonchev–Trinajstić information content (AvgIpc) is 2.33. The number of carbonyl (C=O) groups is 1. The number of hydrogen-bond donors (Lipinski definition) is 1. The van der Waals surface area contributed by atoms with Gasteiger partial charge in [0.25, 0.3) is 0 Å². The molecule has 21 heavy (non-hydrogen) atoms. The van der Waals surface area contributed by atoms with Gasteiger partial charge in [-0.15, -0.1) is 0 Å². The van der Waals surface area contributed by atoms with Crippen LogP contribution in [0.4, 0.5) is 0 Å². The maximum Gasteiger partial charge on any atom is 5.00 e. The SMILES string of the molecule is O=C(O)C1C[CH-]CCC1.[Cl-].[Cl-].[Cl-].[Cl-].[Cl-].[Sb+5].c1ccncc1. The number of hydrogen-bond acceptors (Lipinski definition) is 2. The first-order chi connectivity index (χ1) is 7.30. The van der Waals surface area contributed by atoms with Crippen LogP contribution in [0, 0.1) is 12.3 Å². The molecule has 1 fully saturated rings. The summed E-state index contributed by atoms with van der Waals surface area (Å²) in [6, 6.07) is 5.72. The second-order valence-electron chi connectivity index (χ2n) is 3.52. The molecular formula is C12H16Cl5NO2Sb-. The third-order valence-corrected chi connectivity index (χ3v) is 2.33. The van der Waals surface area contributed by atoms with Crippen LogP contribution in [0.3, 0.4) is 0 Å². The largest absolute Gasteiger partial charge is 5.00 e. The molecule has 1 aliphatic rings. The van der Waals surface area contributed by atoms with Crippen LogP contribution in [0.25, 0.3) is 0 Å². The second-order valence-corrected chi connectivity index (χ2v) is 3.52. The fourth-order valence-electron chi connectivity index (χ4n) is 1.48. The number of aromatic nitrogens is 1. The zero-order valence-corrected chi connectivity index (χ0v) is 17.3. The minimum atomic E-state index is -0.633. The summed E-state index contributed by atoms with van der Waals surface area (Å²) in [4.78, 5) is 14.1. The number of carboxylic acids is 1. The van der Waals surface area contributed by atoms with Gasteiger partial charge in [-0.1, -0.05) is 12.5 Å². The van der Waals surface area contributed by atoms with Gasteiger partial charge in [0.05, 0.1) is 0 Å². The van der Waals surface area contributed by atoms with E-state index in [9.17, 15) is 4.79 Å². The van der Waals surface area contributed by atoms with E-state index < -0.39 is 5.97 Å². The molecule has 1 aromatic heterocycles. The summed E-state index contributed by atoms with van der Waals surface area (Å²) in [5, 5.41) is 8.52. The minimum Gasteiger partial charge on any atom is -1.00 e. The molecule has 0 aromatic carbocycles. The predicted octanol–water partition coefficient (Wildman–Crippen LogP) is -12.8. The van der Waals surface area contributed by atoms with Gasteiger partial charge in [-0.25, -0.2) is 0 Å². The number of halogens is 5. The van der Waals surface area contributed by atoms with E-state index in [0.717, 1.165) is 25.7 Å². The van der Waals surface area contributed by atoms with Crippen LogP contribution in [0.2, 0.25) is 0 Å². The first-order valence-corrected chi connectivity index (χ1v) is 5.20. The molecule has 122 valence electrons. The molecular weight excluding hydrogens is 489 g/mol. The minimum absolute atomic E-state index is 0. The van der Waals surface area contributed by atoms with Crippen molar-refractivity contribution in [2.45, 2.75) is 25.7 Å². The van der Waals surface area contributed by atoms with Crippen LogP contribution in [0.15, 0.2) is 30.6 Å². The fraction of sp³-hybridized carbons (Fsp3) is 0.417. The van der Waals surface area contributed by atoms with Crippen molar-refractivity contribution in [3.8, 4) is 0 Å². The summed E-state index contributed by atoms with van der Waals surface area (Å²) in [6.07, 6.45) is 9.37. The molecule has 1 heterocycles. The smallest absolute Gasteiger partial charge is 1.00 e. The van der Waals surface area contributed by atoms with E-state index >= 15 is 0 Å². The molecule has 1 atom stereocenters. The molecule has 0 radical (unpaired) electrons. The molecule has 9 heteroatoms. The van der Waals surface area contributed by atoms with Crippen LogP contribution in [0.1, 0.15) is 25.7 Å². The third-order valence-electron chi connectivity index (χ3n) is 2.33. The zero-order valence-electron chi connectivity index (χ0n) is 11.0. The first-order valence-electron chi connectivity index (χ1n) is 5.20. The average molecular weight is 505 g/mol. The molecule has 1 N–H and O–H groups in total. The van der Waals surface area contributed by atoms with E-state index in [0.29, 0.717) is 0 Å². The van der Waals surface area contributed by atoms with Gasteiger partial charge < -0.3 is 73.6 Å². The van der Waals surface area contributed by atoms with Gasteiger partial charge in [-0.3, -0.25) is 9.78 Å². The molecule has 3 nitrogen and oxygen atoms in total. The van der Waals surface area contributed by atoms with E-state index in [1.807, 2.05) is 18.2 Å². The normalized spacial score (nSPS) is 14.2. The fourth-order valence-corrected chi connectivity index (χ4v) is 1.48. The van der Waals surface area contributed by atoms with Gasteiger partial charge in [0.1, 0.15) is 0 Å². The van der Waals surface area contributed by atoms with E-state index in [2.05, 4.69) is 11.4 Å². The second kappa shape index (κ2) is 25.8. The Hall–Kier alpha value is 0.888. The number of aliphatic carboxylic acids is 1. The van der Waals surface area contributed by atoms with Crippen LogP contribution < -0.4 is 62.0 Å². The van der Waals surface area contributed by atoms with E-state index in [1.165, 1.54) is 0 Å². The quantitative estimate of drug-likeness (QED) is 0.305. The van der Waals surface area contributed by atoms with Crippen molar-refractivity contribution >= 4 is 30.4 Å². The Morgan fingerprint density at radius 2 is 1.57 bits per heavy atom. The summed E-state index contributed by atoms with van der Waals surface area (Å²) in [6.45, 7) is 0. The molecule has 0 aliphatic heterocycles. The molecule has 1 aliphatic carbocycles. The van der Waals surface area contributed by atoms with Crippen molar-refractivity contribution < 1.29 is 71.9 Å². The number of carboxylic acid groups (broad SMARTS) is 1. The van der Waals surface area contributed by atoms with Crippen molar-refractivity contribution in [1.29, 1.82) is 0 Å². The standard InChI is InChI=1S/C7H11O2.C5H5N.5ClH.Sb/c8-7(9)6-4-2-1-3-5-6;1-2-4-6-5-3-1;;;;;;/h2,6H,1,3-5H2,(H,8,9);1-5H;5*1H;/q-1;;;;;;;+5/p-5. The van der Waals surface area contributed by atoms with Gasteiger partial charge >= 0.3 is 30.4 Å². The summed E-state index contributed by atoms with van der Waals surface area (Å²) in [5.41, 5.74) is 0. The van der Waals surface area contributed by atoms with Crippen molar-refractivity contribution in [2.24, 2.45) is 5.92 Å². The Kier molecular flexibility index (Phi) is 46.5. The van der Waals surface area contributed by atoms with Gasteiger partial charge in [0.2, 0.25) is 0 Å². The summed E-state index contributed by atoms with van der Waals surface area (Å²) < 4.78 is 0. The molecule has 0 spiro atoms. The molecule has 2 rings (SSSR count). The van der Waals surface area contributed by atoms with Crippen molar-refractivity contribution in [3.63, 3.8) is 0 Å². The molecule has 1 saturated carbocycles. The number of rotatable bonds is 1. The molecule has 0 amide bonds. The summed E-state index contributed by atoms with van der Waals surface area (Å²) in [5.74, 6) is -0.718. The Bertz CT molecular complexity index is 264. The maximum atomic E-state index is 10.3. The Morgan fingerprint density at radius 3 is 1.76 bits per heavy atom. The Morgan fingerprint density at radius 1 is 1.05 bits per heavy atom. The number of pyridine rings is 1. The van der Waals surface area contributed by atoms with Crippen molar-refractivity contribution in [3.05, 3.63) is 37.0 Å². The number of nitrogens with zero attached hydrogens (tertiary/aromatic N) is 1. The van der Waals surface area contributed by atoms with Gasteiger partial charge in [0, 0.05) is 18.3 Å². The topological polar surface area (TPSA) is 50.2 Å². The van der Waals surface area contributed by atoms with Crippen LogP contribution in [-0.2, 0) is 4.79 Å². The molecule has 1 unspecified atom stereocenters. The molecule has 1 aromatic rings. The van der Waals surface area contributed by atoms with Crippen LogP contribution in [0.5, 0.6) is 0 Å². The predicted molar refractivity (Wildman–Crippen MR) is 63.9 cm³/mol. The summed E-state index contributed by atoms with van der Waals surface area (Å²) in [7, 11) is 0. The first kappa shape index (κ1) is 37.8. The Balaban J connectivity index is -0.0000000431. The maximum absolute atomic E-state index is 10.3. The van der Waals surface area contributed by atoms with Gasteiger partial charge in [-0.2, -0.15) is 12.8 Å².